The van der Waals surface area contributed by atoms with Gasteiger partial charge in [0.15, 0.2) is 5.82 Å². The number of nitrogens with one attached hydrogen (secondary N) is 1. The van der Waals surface area contributed by atoms with Gasteiger partial charge in [-0.2, -0.15) is 0 Å². The molecule has 0 bridgehead atoms. The summed E-state index contributed by atoms with van der Waals surface area (Å²) in [7, 11) is 0. The zero-order valence-corrected chi connectivity index (χ0v) is 16.0. The maximum Gasteiger partial charge on any atom is 0.163 e. The topological polar surface area (TPSA) is 74.9 Å². The number of benzene rings is 1. The van der Waals surface area contributed by atoms with Gasteiger partial charge in [0.25, 0.3) is 0 Å². The van der Waals surface area contributed by atoms with E-state index in [9.17, 15) is 0 Å². The highest BCUT2D eigenvalue weighted by atomic mass is 15.1. The van der Waals surface area contributed by atoms with Crippen LogP contribution in [0.3, 0.4) is 0 Å². The van der Waals surface area contributed by atoms with Crippen LogP contribution in [0.4, 0.5) is 5.69 Å². The molecule has 2 rings (SSSR count). The van der Waals surface area contributed by atoms with Crippen LogP contribution in [0, 0.1) is 5.41 Å². The fourth-order valence-corrected chi connectivity index (χ4v) is 2.11. The average molecular weight is 337 g/mol. The molecular weight excluding hydrogens is 310 g/mol. The molecule has 1 aromatic carbocycles. The summed E-state index contributed by atoms with van der Waals surface area (Å²) in [5, 5.41) is 7.07. The summed E-state index contributed by atoms with van der Waals surface area (Å²) in [6.45, 7) is 12.6. The van der Waals surface area contributed by atoms with Gasteiger partial charge in [-0.1, -0.05) is 53.7 Å². The van der Waals surface area contributed by atoms with Crippen molar-refractivity contribution < 1.29 is 0 Å². The molecule has 132 valence electrons. The molecule has 0 spiro atoms. The SMILES string of the molecule is CC(C)(C)c1nc(-c2cccc(N=CCC=N)c2)nc(C(C)(C)C)n1. The first-order chi connectivity index (χ1) is 11.6. The lowest BCUT2D eigenvalue weighted by Crippen LogP contribution is -2.24. The van der Waals surface area contributed by atoms with Gasteiger partial charge in [-0.15, -0.1) is 0 Å². The second-order valence-electron chi connectivity index (χ2n) is 8.11. The van der Waals surface area contributed by atoms with Crippen LogP contribution in [-0.2, 0) is 10.8 Å². The quantitative estimate of drug-likeness (QED) is 0.808. The van der Waals surface area contributed by atoms with Crippen molar-refractivity contribution in [2.75, 3.05) is 0 Å². The third kappa shape index (κ3) is 5.02. The Morgan fingerprint density at radius 1 is 0.960 bits per heavy atom. The molecule has 1 N–H and O–H groups in total. The van der Waals surface area contributed by atoms with Gasteiger partial charge in [-0.05, 0) is 12.1 Å². The van der Waals surface area contributed by atoms with Crippen LogP contribution in [-0.4, -0.2) is 27.4 Å². The fourth-order valence-electron chi connectivity index (χ4n) is 2.11. The third-order valence-electron chi connectivity index (χ3n) is 3.55. The number of nitrogens with zero attached hydrogens (tertiary/aromatic N) is 4. The zero-order chi connectivity index (χ0) is 18.7. The molecule has 0 unspecified atom stereocenters. The molecule has 25 heavy (non-hydrogen) atoms. The largest absolute Gasteiger partial charge is 0.313 e. The van der Waals surface area contributed by atoms with Crippen LogP contribution in [0.1, 0.15) is 59.6 Å². The molecule has 0 aliphatic heterocycles. The molecule has 0 atom stereocenters. The molecule has 2 aromatic rings. The lowest BCUT2D eigenvalue weighted by Gasteiger charge is -2.22. The molecule has 0 aliphatic rings. The summed E-state index contributed by atoms with van der Waals surface area (Å²) in [6, 6.07) is 7.84. The fraction of sp³-hybridized carbons (Fsp3) is 0.450. The zero-order valence-electron chi connectivity index (χ0n) is 16.0. The number of hydrogen-bond donors (Lipinski definition) is 1. The van der Waals surface area contributed by atoms with Gasteiger partial charge >= 0.3 is 0 Å². The highest BCUT2D eigenvalue weighted by Gasteiger charge is 2.25. The van der Waals surface area contributed by atoms with Crippen LogP contribution in [0.2, 0.25) is 0 Å². The van der Waals surface area contributed by atoms with Crippen molar-refractivity contribution in [1.29, 1.82) is 5.41 Å². The van der Waals surface area contributed by atoms with Crippen molar-refractivity contribution in [1.82, 2.24) is 15.0 Å². The Balaban J connectivity index is 2.55. The summed E-state index contributed by atoms with van der Waals surface area (Å²) in [6.07, 6.45) is 3.57. The number of aliphatic imine (C=N–C) groups is 1. The second-order valence-corrected chi connectivity index (χ2v) is 8.11. The van der Waals surface area contributed by atoms with Gasteiger partial charge in [0, 0.05) is 35.2 Å². The summed E-state index contributed by atoms with van der Waals surface area (Å²) in [5.41, 5.74) is 1.44. The van der Waals surface area contributed by atoms with Crippen molar-refractivity contribution in [2.24, 2.45) is 4.99 Å². The summed E-state index contributed by atoms with van der Waals surface area (Å²) in [5.74, 6) is 2.26. The lowest BCUT2D eigenvalue weighted by atomic mass is 9.93. The van der Waals surface area contributed by atoms with Gasteiger partial charge in [0.1, 0.15) is 11.6 Å². The predicted octanol–water partition coefficient (Wildman–Crippen LogP) is 4.88. The van der Waals surface area contributed by atoms with E-state index < -0.39 is 0 Å². The molecular formula is C20H27N5. The third-order valence-corrected chi connectivity index (χ3v) is 3.55. The van der Waals surface area contributed by atoms with Gasteiger partial charge in [-0.3, -0.25) is 4.99 Å². The minimum absolute atomic E-state index is 0.155. The molecule has 0 saturated heterocycles. The van der Waals surface area contributed by atoms with Crippen LogP contribution >= 0.6 is 0 Å². The van der Waals surface area contributed by atoms with Crippen LogP contribution in [0.25, 0.3) is 11.4 Å². The van der Waals surface area contributed by atoms with E-state index in [1.165, 1.54) is 6.21 Å². The smallest absolute Gasteiger partial charge is 0.163 e. The summed E-state index contributed by atoms with van der Waals surface area (Å²) >= 11 is 0. The predicted molar refractivity (Wildman–Crippen MR) is 104 cm³/mol. The Morgan fingerprint density at radius 2 is 1.56 bits per heavy atom. The molecule has 0 aliphatic carbocycles. The minimum Gasteiger partial charge on any atom is -0.313 e. The van der Waals surface area contributed by atoms with Gasteiger partial charge in [0.2, 0.25) is 0 Å². The number of rotatable bonds is 4. The normalized spacial score (nSPS) is 12.6. The highest BCUT2D eigenvalue weighted by Crippen LogP contribution is 2.27. The lowest BCUT2D eigenvalue weighted by molar-refractivity contribution is 0.497. The van der Waals surface area contributed by atoms with Crippen molar-refractivity contribution in [3.8, 4) is 11.4 Å². The minimum atomic E-state index is -0.155. The maximum atomic E-state index is 7.07. The first-order valence-corrected chi connectivity index (χ1v) is 8.50. The first-order valence-electron chi connectivity index (χ1n) is 8.50. The Labute approximate surface area is 150 Å². The number of aromatic nitrogens is 3. The van der Waals surface area contributed by atoms with E-state index >= 15 is 0 Å². The standard InChI is InChI=1S/C20H27N5/c1-19(2,3)17-23-16(24-18(25-17)20(4,5)6)14-9-7-10-15(13-14)22-12-8-11-21/h7,9-13,21H,8H2,1-6H3. The van der Waals surface area contributed by atoms with Crippen molar-refractivity contribution >= 4 is 18.1 Å². The molecule has 0 fully saturated rings. The van der Waals surface area contributed by atoms with Crippen LogP contribution in [0.5, 0.6) is 0 Å². The van der Waals surface area contributed by atoms with E-state index in [-0.39, 0.29) is 10.8 Å². The van der Waals surface area contributed by atoms with Crippen molar-refractivity contribution in [2.45, 2.75) is 58.8 Å². The monoisotopic (exact) mass is 337 g/mol. The van der Waals surface area contributed by atoms with Crippen LogP contribution < -0.4 is 0 Å². The second kappa shape index (κ2) is 7.21. The Bertz CT molecular complexity index is 747. The number of hydrogen-bond acceptors (Lipinski definition) is 5. The van der Waals surface area contributed by atoms with Crippen LogP contribution in [0.15, 0.2) is 29.3 Å². The van der Waals surface area contributed by atoms with E-state index in [2.05, 4.69) is 46.5 Å². The average Bonchev–Trinajstić information content (AvgIpc) is 2.53. The van der Waals surface area contributed by atoms with E-state index in [0.29, 0.717) is 12.2 Å². The highest BCUT2D eigenvalue weighted by molar-refractivity contribution is 5.79. The molecule has 0 saturated carbocycles. The molecule has 1 aromatic heterocycles. The molecule has 5 heteroatoms. The van der Waals surface area contributed by atoms with E-state index in [4.69, 9.17) is 20.4 Å². The van der Waals surface area contributed by atoms with Gasteiger partial charge in [0.05, 0.1) is 5.69 Å². The molecule has 0 amide bonds. The Hall–Kier alpha value is -2.43. The molecule has 0 radical (unpaired) electrons. The Morgan fingerprint density at radius 3 is 2.08 bits per heavy atom. The van der Waals surface area contributed by atoms with E-state index in [1.807, 2.05) is 24.3 Å². The maximum absolute atomic E-state index is 7.07. The molecule has 5 nitrogen and oxygen atoms in total. The van der Waals surface area contributed by atoms with Gasteiger partial charge < -0.3 is 5.41 Å². The Kier molecular flexibility index (Phi) is 5.45. The summed E-state index contributed by atoms with van der Waals surface area (Å²) in [4.78, 5) is 18.5. The summed E-state index contributed by atoms with van der Waals surface area (Å²) < 4.78 is 0. The van der Waals surface area contributed by atoms with E-state index in [0.717, 1.165) is 22.9 Å². The van der Waals surface area contributed by atoms with Crippen molar-refractivity contribution in [3.63, 3.8) is 0 Å². The van der Waals surface area contributed by atoms with E-state index in [1.54, 1.807) is 6.21 Å². The van der Waals surface area contributed by atoms with Gasteiger partial charge in [-0.25, -0.2) is 15.0 Å². The van der Waals surface area contributed by atoms with Crippen molar-refractivity contribution in [3.05, 3.63) is 35.9 Å². The first kappa shape index (κ1) is 18.9. The molecule has 1 heterocycles.